The second-order valence-electron chi connectivity index (χ2n) is 2.61. The molecule has 0 spiro atoms. The Hall–Kier alpha value is 0.390. The summed E-state index contributed by atoms with van der Waals surface area (Å²) in [5.74, 6) is 0.687. The second-order valence-corrected chi connectivity index (χ2v) is 2.88. The van der Waals surface area contributed by atoms with Gasteiger partial charge < -0.3 is 4.52 Å². The van der Waals surface area contributed by atoms with Crippen LogP contribution in [0.15, 0.2) is 0 Å². The molecule has 0 heterocycles. The van der Waals surface area contributed by atoms with Crippen molar-refractivity contribution in [3.63, 3.8) is 0 Å². The van der Waals surface area contributed by atoms with Crippen LogP contribution in [0.2, 0.25) is 0 Å². The van der Waals surface area contributed by atoms with Gasteiger partial charge in [0, 0.05) is 9.47 Å². The van der Waals surface area contributed by atoms with Crippen LogP contribution in [0.3, 0.4) is 0 Å². The van der Waals surface area contributed by atoms with Crippen molar-refractivity contribution in [1.82, 2.24) is 0 Å². The zero-order valence-corrected chi connectivity index (χ0v) is 7.71. The highest BCUT2D eigenvalue weighted by Crippen LogP contribution is 2.14. The first kappa shape index (κ1) is 9.39. The van der Waals surface area contributed by atoms with Gasteiger partial charge >= 0.3 is 0 Å². The molecule has 56 valence electrons. The third kappa shape index (κ3) is 3.89. The molecule has 0 aromatic carbocycles. The Balaban J connectivity index is 3.32. The fraction of sp³-hybridized carbons (Fsp3) is 1.00. The van der Waals surface area contributed by atoms with Crippen LogP contribution >= 0.6 is 9.47 Å². The van der Waals surface area contributed by atoms with Gasteiger partial charge in [0.05, 0.1) is 6.10 Å². The lowest BCUT2D eigenvalue weighted by Crippen LogP contribution is -2.13. The van der Waals surface area contributed by atoms with E-state index in [-0.39, 0.29) is 0 Å². The van der Waals surface area contributed by atoms with Crippen LogP contribution in [0, 0.1) is 5.92 Å². The van der Waals surface area contributed by atoms with Crippen LogP contribution in [0.25, 0.3) is 0 Å². The molecular formula is C7H17OP. The Morgan fingerprint density at radius 1 is 1.44 bits per heavy atom. The third-order valence-electron chi connectivity index (χ3n) is 1.76. The maximum Gasteiger partial charge on any atom is 0.0608 e. The van der Waals surface area contributed by atoms with Crippen molar-refractivity contribution < 1.29 is 4.52 Å². The molecule has 0 rings (SSSR count). The molecule has 0 radical (unpaired) electrons. The van der Waals surface area contributed by atoms with Gasteiger partial charge in [-0.3, -0.25) is 0 Å². The highest BCUT2D eigenvalue weighted by molar-refractivity contribution is 7.09. The Labute approximate surface area is 60.5 Å². The van der Waals surface area contributed by atoms with Gasteiger partial charge in [-0.25, -0.2) is 0 Å². The normalized spacial score (nSPS) is 17.3. The molecule has 0 aliphatic heterocycles. The van der Waals surface area contributed by atoms with Crippen LogP contribution < -0.4 is 0 Å². The highest BCUT2D eigenvalue weighted by atomic mass is 31.0. The van der Waals surface area contributed by atoms with Gasteiger partial charge in [0.1, 0.15) is 0 Å². The van der Waals surface area contributed by atoms with E-state index in [0.717, 1.165) is 0 Å². The molecule has 3 atom stereocenters. The Morgan fingerprint density at radius 3 is 2.33 bits per heavy atom. The fourth-order valence-corrected chi connectivity index (χ4v) is 1.09. The van der Waals surface area contributed by atoms with Crippen LogP contribution in [0.1, 0.15) is 33.6 Å². The zero-order valence-electron chi connectivity index (χ0n) is 6.55. The van der Waals surface area contributed by atoms with E-state index in [9.17, 15) is 0 Å². The monoisotopic (exact) mass is 148 g/mol. The average molecular weight is 148 g/mol. The van der Waals surface area contributed by atoms with Gasteiger partial charge in [0.25, 0.3) is 0 Å². The van der Waals surface area contributed by atoms with Crippen molar-refractivity contribution >= 4 is 9.47 Å². The highest BCUT2D eigenvalue weighted by Gasteiger charge is 2.08. The summed E-state index contributed by atoms with van der Waals surface area (Å²) in [7, 11) is 2.31. The zero-order chi connectivity index (χ0) is 7.28. The van der Waals surface area contributed by atoms with E-state index in [1.54, 1.807) is 0 Å². The molecular weight excluding hydrogens is 131 g/mol. The van der Waals surface area contributed by atoms with E-state index in [1.165, 1.54) is 12.8 Å². The van der Waals surface area contributed by atoms with Gasteiger partial charge in [-0.15, -0.1) is 0 Å². The minimum absolute atomic E-state index is 0.384. The predicted octanol–water partition coefficient (Wildman–Crippen LogP) is 2.62. The van der Waals surface area contributed by atoms with Crippen molar-refractivity contribution in [2.45, 2.75) is 39.7 Å². The van der Waals surface area contributed by atoms with Gasteiger partial charge in [-0.05, 0) is 19.3 Å². The number of hydrogen-bond donors (Lipinski definition) is 0. The molecule has 0 aromatic heterocycles. The van der Waals surface area contributed by atoms with Crippen molar-refractivity contribution in [3.05, 3.63) is 0 Å². The molecule has 3 unspecified atom stereocenters. The minimum atomic E-state index is 0.384. The maximum atomic E-state index is 5.08. The van der Waals surface area contributed by atoms with Gasteiger partial charge in [-0.2, -0.15) is 0 Å². The summed E-state index contributed by atoms with van der Waals surface area (Å²) in [6, 6.07) is 0. The Bertz CT molecular complexity index is 65.9. The molecule has 0 saturated heterocycles. The Morgan fingerprint density at radius 2 is 2.00 bits per heavy atom. The number of hydrogen-bond acceptors (Lipinski definition) is 1. The first-order valence-electron chi connectivity index (χ1n) is 3.57. The van der Waals surface area contributed by atoms with Crippen molar-refractivity contribution in [2.75, 3.05) is 0 Å². The van der Waals surface area contributed by atoms with E-state index < -0.39 is 0 Å². The van der Waals surface area contributed by atoms with Crippen LogP contribution in [0.5, 0.6) is 0 Å². The maximum absolute atomic E-state index is 5.08. The molecule has 0 aliphatic carbocycles. The molecule has 0 saturated carbocycles. The SMILES string of the molecule is CCCC(C)C(C)OP. The van der Waals surface area contributed by atoms with Crippen molar-refractivity contribution in [2.24, 2.45) is 5.92 Å². The summed E-state index contributed by atoms with van der Waals surface area (Å²) in [5.41, 5.74) is 0. The first-order chi connectivity index (χ1) is 4.22. The van der Waals surface area contributed by atoms with Crippen LogP contribution in [-0.2, 0) is 4.52 Å². The summed E-state index contributed by atoms with van der Waals surface area (Å²) < 4.78 is 5.08. The van der Waals surface area contributed by atoms with E-state index in [2.05, 4.69) is 30.2 Å². The molecule has 0 bridgehead atoms. The average Bonchev–Trinajstić information content (AvgIpc) is 1.87. The predicted molar refractivity (Wildman–Crippen MR) is 44.3 cm³/mol. The lowest BCUT2D eigenvalue weighted by molar-refractivity contribution is 0.183. The van der Waals surface area contributed by atoms with E-state index in [4.69, 9.17) is 4.52 Å². The molecule has 0 aliphatic rings. The molecule has 9 heavy (non-hydrogen) atoms. The van der Waals surface area contributed by atoms with E-state index in [1.807, 2.05) is 0 Å². The lowest BCUT2D eigenvalue weighted by Gasteiger charge is -2.16. The van der Waals surface area contributed by atoms with Gasteiger partial charge in [0.2, 0.25) is 0 Å². The van der Waals surface area contributed by atoms with Crippen molar-refractivity contribution in [1.29, 1.82) is 0 Å². The van der Waals surface area contributed by atoms with E-state index in [0.29, 0.717) is 12.0 Å². The van der Waals surface area contributed by atoms with E-state index >= 15 is 0 Å². The lowest BCUT2D eigenvalue weighted by atomic mass is 10.0. The molecule has 0 fully saturated rings. The molecule has 2 heteroatoms. The standard InChI is InChI=1S/C7H17OP/c1-4-5-6(2)7(3)8-9/h6-7H,4-5,9H2,1-3H3. The Kier molecular flexibility index (Phi) is 5.42. The van der Waals surface area contributed by atoms with Crippen molar-refractivity contribution in [3.8, 4) is 0 Å². The molecule has 1 nitrogen and oxygen atoms in total. The summed E-state index contributed by atoms with van der Waals surface area (Å²) in [5, 5.41) is 0. The quantitative estimate of drug-likeness (QED) is 0.557. The minimum Gasteiger partial charge on any atom is -0.362 e. The molecule has 0 amide bonds. The largest absolute Gasteiger partial charge is 0.362 e. The summed E-state index contributed by atoms with van der Waals surface area (Å²) in [4.78, 5) is 0. The summed E-state index contributed by atoms with van der Waals surface area (Å²) in [6.07, 6.45) is 2.89. The molecule has 0 aromatic rings. The summed E-state index contributed by atoms with van der Waals surface area (Å²) >= 11 is 0. The van der Waals surface area contributed by atoms with Crippen LogP contribution in [0.4, 0.5) is 0 Å². The fourth-order valence-electron chi connectivity index (χ4n) is 0.824. The molecule has 0 N–H and O–H groups in total. The number of rotatable bonds is 4. The third-order valence-corrected chi connectivity index (χ3v) is 2.19. The van der Waals surface area contributed by atoms with Gasteiger partial charge in [-0.1, -0.05) is 20.3 Å². The van der Waals surface area contributed by atoms with Crippen LogP contribution in [-0.4, -0.2) is 6.10 Å². The first-order valence-corrected chi connectivity index (χ1v) is 4.05. The van der Waals surface area contributed by atoms with Gasteiger partial charge in [0.15, 0.2) is 0 Å². The second kappa shape index (κ2) is 5.20. The topological polar surface area (TPSA) is 9.23 Å². The smallest absolute Gasteiger partial charge is 0.0608 e. The summed E-state index contributed by atoms with van der Waals surface area (Å²) in [6.45, 7) is 6.53.